The van der Waals surface area contributed by atoms with Crippen molar-refractivity contribution in [2.45, 2.75) is 24.2 Å². The first-order valence-electron chi connectivity index (χ1n) is 8.11. The minimum atomic E-state index is -3.29. The third kappa shape index (κ3) is 5.57. The molecule has 0 radical (unpaired) electrons. The number of rotatable bonds is 7. The van der Waals surface area contributed by atoms with Crippen molar-refractivity contribution in [3.8, 4) is 0 Å². The second-order valence-electron chi connectivity index (χ2n) is 6.35. The Morgan fingerprint density at radius 3 is 2.44 bits per heavy atom. The van der Waals surface area contributed by atoms with Crippen molar-refractivity contribution in [1.29, 1.82) is 0 Å². The largest absolute Gasteiger partial charge is 0.356 e. The van der Waals surface area contributed by atoms with Crippen LogP contribution in [0.25, 0.3) is 0 Å². The van der Waals surface area contributed by atoms with Crippen molar-refractivity contribution in [3.63, 3.8) is 0 Å². The molecule has 25 heavy (non-hydrogen) atoms. The summed E-state index contributed by atoms with van der Waals surface area (Å²) in [6, 6.07) is 12.7. The predicted molar refractivity (Wildman–Crippen MR) is 105 cm³/mol. The molecule has 1 aromatic heterocycles. The Kier molecular flexibility index (Phi) is 6.61. The quantitative estimate of drug-likeness (QED) is 0.573. The number of sulfone groups is 1. The van der Waals surface area contributed by atoms with Crippen LogP contribution in [-0.2, 0) is 15.3 Å². The molecule has 0 unspecified atom stereocenters. The van der Waals surface area contributed by atoms with Gasteiger partial charge in [-0.25, -0.2) is 8.42 Å². The summed E-state index contributed by atoms with van der Waals surface area (Å²) < 4.78 is 24.6. The topological polar surface area (TPSA) is 70.6 Å². The van der Waals surface area contributed by atoms with Crippen molar-refractivity contribution in [3.05, 3.63) is 52.7 Å². The van der Waals surface area contributed by atoms with Gasteiger partial charge in [0.05, 0.1) is 10.6 Å². The van der Waals surface area contributed by atoms with E-state index < -0.39 is 9.84 Å². The van der Waals surface area contributed by atoms with Gasteiger partial charge in [0.2, 0.25) is 0 Å². The number of nitrogens with zero attached hydrogens (tertiary/aromatic N) is 1. The molecular formula is C18H25N3O2S2. The molecule has 2 rings (SSSR count). The molecule has 5 nitrogen and oxygen atoms in total. The van der Waals surface area contributed by atoms with Crippen molar-refractivity contribution in [2.75, 3.05) is 25.9 Å². The zero-order chi connectivity index (χ0) is 18.3. The fourth-order valence-corrected chi connectivity index (χ4v) is 4.36. The molecule has 2 N–H and O–H groups in total. The molecule has 7 heteroatoms. The molecule has 2 aromatic rings. The monoisotopic (exact) mass is 379 g/mol. The Labute approximate surface area is 154 Å². The molecule has 0 atom stereocenters. The first-order valence-corrected chi connectivity index (χ1v) is 10.6. The number of nitrogens with one attached hydrogen (secondary N) is 2. The maximum absolute atomic E-state index is 12.3. The highest BCUT2D eigenvalue weighted by Gasteiger charge is 2.22. The van der Waals surface area contributed by atoms with Gasteiger partial charge in [0, 0.05) is 30.4 Å². The van der Waals surface area contributed by atoms with E-state index >= 15 is 0 Å². The van der Waals surface area contributed by atoms with Crippen LogP contribution in [0.5, 0.6) is 0 Å². The Hall–Kier alpha value is -1.86. The molecule has 0 spiro atoms. The van der Waals surface area contributed by atoms with Gasteiger partial charge in [-0.15, -0.1) is 11.3 Å². The van der Waals surface area contributed by atoms with E-state index in [2.05, 4.69) is 40.9 Å². The van der Waals surface area contributed by atoms with Crippen LogP contribution in [0.1, 0.15) is 18.7 Å². The molecule has 0 fully saturated rings. The smallest absolute Gasteiger partial charge is 0.191 e. The first-order chi connectivity index (χ1) is 11.8. The van der Waals surface area contributed by atoms with Crippen molar-refractivity contribution < 1.29 is 8.42 Å². The van der Waals surface area contributed by atoms with Gasteiger partial charge in [-0.3, -0.25) is 4.99 Å². The van der Waals surface area contributed by atoms with Gasteiger partial charge in [0.15, 0.2) is 15.8 Å². The Morgan fingerprint density at radius 1 is 1.12 bits per heavy atom. The summed E-state index contributed by atoms with van der Waals surface area (Å²) in [7, 11) is -1.61. The molecule has 0 aliphatic carbocycles. The number of hydrogen-bond acceptors (Lipinski definition) is 4. The van der Waals surface area contributed by atoms with Crippen LogP contribution in [0.3, 0.4) is 0 Å². The van der Waals surface area contributed by atoms with Crippen molar-refractivity contribution >= 4 is 27.1 Å². The van der Waals surface area contributed by atoms with E-state index in [1.807, 2.05) is 6.07 Å². The Bertz CT molecular complexity index is 783. The molecule has 0 bridgehead atoms. The summed E-state index contributed by atoms with van der Waals surface area (Å²) in [5.41, 5.74) is -0.0259. The number of benzene rings is 1. The van der Waals surface area contributed by atoms with Crippen LogP contribution in [0.4, 0.5) is 0 Å². The lowest BCUT2D eigenvalue weighted by molar-refractivity contribution is 0.519. The highest BCUT2D eigenvalue weighted by molar-refractivity contribution is 7.91. The van der Waals surface area contributed by atoms with Crippen LogP contribution in [0.15, 0.2) is 57.7 Å². The number of thiophene rings is 1. The van der Waals surface area contributed by atoms with E-state index in [0.717, 1.165) is 0 Å². The van der Waals surface area contributed by atoms with Gasteiger partial charge in [-0.05, 0) is 23.6 Å². The van der Waals surface area contributed by atoms with Crippen molar-refractivity contribution in [1.82, 2.24) is 10.6 Å². The summed E-state index contributed by atoms with van der Waals surface area (Å²) in [5, 5.41) is 8.42. The molecule has 0 aliphatic heterocycles. The lowest BCUT2D eigenvalue weighted by Gasteiger charge is -2.25. The van der Waals surface area contributed by atoms with Crippen LogP contribution < -0.4 is 10.6 Å². The van der Waals surface area contributed by atoms with E-state index in [1.54, 1.807) is 48.7 Å². The Morgan fingerprint density at radius 2 is 1.84 bits per heavy atom. The number of hydrogen-bond donors (Lipinski definition) is 2. The third-order valence-electron chi connectivity index (χ3n) is 3.88. The standard InChI is InChI=1S/C18H25N3O2S2/c1-18(2,16-10-7-12-24-16)14-21-17(19-3)20-11-13-25(22,23)15-8-5-4-6-9-15/h4-10,12H,11,13-14H2,1-3H3,(H2,19,20,21). The maximum Gasteiger partial charge on any atom is 0.191 e. The minimum Gasteiger partial charge on any atom is -0.356 e. The average Bonchev–Trinajstić information content (AvgIpc) is 3.14. The lowest BCUT2D eigenvalue weighted by atomic mass is 9.91. The van der Waals surface area contributed by atoms with E-state index in [4.69, 9.17) is 0 Å². The summed E-state index contributed by atoms with van der Waals surface area (Å²) >= 11 is 1.73. The van der Waals surface area contributed by atoms with E-state index in [9.17, 15) is 8.42 Å². The first kappa shape index (κ1) is 19.5. The predicted octanol–water partition coefficient (Wildman–Crippen LogP) is 2.66. The number of guanidine groups is 1. The van der Waals surface area contributed by atoms with Gasteiger partial charge >= 0.3 is 0 Å². The second kappa shape index (κ2) is 8.49. The molecule has 136 valence electrons. The van der Waals surface area contributed by atoms with Gasteiger partial charge in [0.1, 0.15) is 0 Å². The molecule has 1 heterocycles. The van der Waals surface area contributed by atoms with Crippen LogP contribution in [0.2, 0.25) is 0 Å². The maximum atomic E-state index is 12.3. The third-order valence-corrected chi connectivity index (χ3v) is 6.84. The molecule has 0 amide bonds. The summed E-state index contributed by atoms with van der Waals surface area (Å²) in [4.78, 5) is 5.81. The van der Waals surface area contributed by atoms with Crippen LogP contribution in [-0.4, -0.2) is 40.3 Å². The van der Waals surface area contributed by atoms with E-state index in [-0.39, 0.29) is 11.2 Å². The molecule has 0 aliphatic rings. The Balaban J connectivity index is 1.85. The highest BCUT2D eigenvalue weighted by Crippen LogP contribution is 2.26. The van der Waals surface area contributed by atoms with Gasteiger partial charge in [-0.2, -0.15) is 0 Å². The SMILES string of the molecule is CN=C(NCCS(=O)(=O)c1ccccc1)NCC(C)(C)c1cccs1. The lowest BCUT2D eigenvalue weighted by Crippen LogP contribution is -2.44. The van der Waals surface area contributed by atoms with Gasteiger partial charge in [-0.1, -0.05) is 38.1 Å². The van der Waals surface area contributed by atoms with Crippen LogP contribution >= 0.6 is 11.3 Å². The van der Waals surface area contributed by atoms with Crippen molar-refractivity contribution in [2.24, 2.45) is 4.99 Å². The zero-order valence-corrected chi connectivity index (χ0v) is 16.5. The number of aliphatic imine (C=N–C) groups is 1. The summed E-state index contributed by atoms with van der Waals surface area (Å²) in [6.45, 7) is 5.34. The normalized spacial score (nSPS) is 12.8. The second-order valence-corrected chi connectivity index (χ2v) is 9.40. The fourth-order valence-electron chi connectivity index (χ4n) is 2.33. The van der Waals surface area contributed by atoms with Gasteiger partial charge < -0.3 is 10.6 Å². The molecular weight excluding hydrogens is 354 g/mol. The average molecular weight is 380 g/mol. The van der Waals surface area contributed by atoms with E-state index in [0.29, 0.717) is 23.9 Å². The van der Waals surface area contributed by atoms with Crippen LogP contribution in [0, 0.1) is 0 Å². The van der Waals surface area contributed by atoms with E-state index in [1.165, 1.54) is 4.88 Å². The summed E-state index contributed by atoms with van der Waals surface area (Å²) in [5.74, 6) is 0.624. The molecule has 0 saturated heterocycles. The minimum absolute atomic E-state index is 0.0199. The highest BCUT2D eigenvalue weighted by atomic mass is 32.2. The van der Waals surface area contributed by atoms with Gasteiger partial charge in [0.25, 0.3) is 0 Å². The fraction of sp³-hybridized carbons (Fsp3) is 0.389. The zero-order valence-electron chi connectivity index (χ0n) is 14.8. The summed E-state index contributed by atoms with van der Waals surface area (Å²) in [6.07, 6.45) is 0. The molecule has 0 saturated carbocycles. The molecule has 1 aromatic carbocycles.